The molecule has 0 radical (unpaired) electrons. The van der Waals surface area contributed by atoms with Crippen molar-refractivity contribution >= 4 is 45.6 Å². The summed E-state index contributed by atoms with van der Waals surface area (Å²) in [6.45, 7) is 1.36. The van der Waals surface area contributed by atoms with Gasteiger partial charge in [-0.1, -0.05) is 35.5 Å². The molecule has 3 aromatic rings. The molecular formula is C17H17ClN4O2S2. The maximum Gasteiger partial charge on any atom is 0.230 e. The summed E-state index contributed by atoms with van der Waals surface area (Å²) in [5, 5.41) is 14.8. The number of nitrogens with zero attached hydrogens (tertiary/aromatic N) is 3. The minimum Gasteiger partial charge on any atom is -0.376 e. The van der Waals surface area contributed by atoms with Crippen molar-refractivity contribution in [3.05, 3.63) is 34.7 Å². The number of fused-ring (bicyclic) bond motifs is 1. The number of benzene rings is 1. The van der Waals surface area contributed by atoms with Crippen LogP contribution in [0.25, 0.3) is 16.2 Å². The van der Waals surface area contributed by atoms with Crippen LogP contribution >= 0.6 is 34.7 Å². The fourth-order valence-corrected chi connectivity index (χ4v) is 4.62. The molecule has 1 saturated heterocycles. The summed E-state index contributed by atoms with van der Waals surface area (Å²) in [7, 11) is 0. The summed E-state index contributed by atoms with van der Waals surface area (Å²) in [4.78, 5) is 12.9. The number of thiazole rings is 1. The molecule has 4 rings (SSSR count). The normalized spacial score (nSPS) is 17.0. The van der Waals surface area contributed by atoms with E-state index >= 15 is 0 Å². The fourth-order valence-electron chi connectivity index (χ4n) is 2.83. The Morgan fingerprint density at radius 2 is 2.23 bits per heavy atom. The smallest absolute Gasteiger partial charge is 0.230 e. The van der Waals surface area contributed by atoms with Crippen LogP contribution in [0.3, 0.4) is 0 Å². The van der Waals surface area contributed by atoms with Gasteiger partial charge in [0.05, 0.1) is 17.6 Å². The van der Waals surface area contributed by atoms with Crippen molar-refractivity contribution in [3.63, 3.8) is 0 Å². The highest BCUT2D eigenvalue weighted by molar-refractivity contribution is 7.99. The van der Waals surface area contributed by atoms with Crippen LogP contribution in [0.2, 0.25) is 5.02 Å². The van der Waals surface area contributed by atoms with Crippen molar-refractivity contribution < 1.29 is 9.53 Å². The molecule has 1 N–H and O–H groups in total. The topological polar surface area (TPSA) is 68.5 Å². The van der Waals surface area contributed by atoms with E-state index in [4.69, 9.17) is 16.3 Å². The number of aromatic nitrogens is 3. The van der Waals surface area contributed by atoms with Gasteiger partial charge >= 0.3 is 0 Å². The molecule has 1 amide bonds. The first-order chi connectivity index (χ1) is 12.7. The van der Waals surface area contributed by atoms with E-state index in [1.165, 1.54) is 23.1 Å². The first-order valence-electron chi connectivity index (χ1n) is 8.30. The Bertz CT molecular complexity index is 903. The number of hydrogen-bond acceptors (Lipinski definition) is 6. The number of rotatable bonds is 6. The van der Waals surface area contributed by atoms with Crippen molar-refractivity contribution in [1.82, 2.24) is 19.9 Å². The molecule has 136 valence electrons. The third-order valence-electron chi connectivity index (χ3n) is 4.14. The Hall–Kier alpha value is -1.61. The van der Waals surface area contributed by atoms with E-state index in [-0.39, 0.29) is 12.0 Å². The zero-order valence-corrected chi connectivity index (χ0v) is 16.2. The molecule has 0 aliphatic carbocycles. The van der Waals surface area contributed by atoms with Gasteiger partial charge in [0.25, 0.3) is 0 Å². The molecule has 0 spiro atoms. The van der Waals surface area contributed by atoms with Gasteiger partial charge in [0, 0.05) is 23.6 Å². The third-order valence-corrected chi connectivity index (χ3v) is 6.14. The summed E-state index contributed by atoms with van der Waals surface area (Å²) < 4.78 is 7.50. The van der Waals surface area contributed by atoms with E-state index in [1.54, 1.807) is 0 Å². The number of nitrogens with one attached hydrogen (secondary N) is 1. The van der Waals surface area contributed by atoms with Crippen LogP contribution in [0.4, 0.5) is 0 Å². The van der Waals surface area contributed by atoms with E-state index in [9.17, 15) is 4.79 Å². The van der Waals surface area contributed by atoms with Gasteiger partial charge < -0.3 is 10.1 Å². The van der Waals surface area contributed by atoms with E-state index in [1.807, 2.05) is 34.0 Å². The summed E-state index contributed by atoms with van der Waals surface area (Å²) in [5.41, 5.74) is 2.03. The number of hydrogen-bond donors (Lipinski definition) is 1. The molecule has 1 fully saturated rings. The molecule has 1 aromatic carbocycles. The van der Waals surface area contributed by atoms with Crippen molar-refractivity contribution in [3.8, 4) is 11.3 Å². The van der Waals surface area contributed by atoms with E-state index < -0.39 is 0 Å². The van der Waals surface area contributed by atoms with E-state index in [0.717, 1.165) is 35.7 Å². The summed E-state index contributed by atoms with van der Waals surface area (Å²) >= 11 is 8.88. The summed E-state index contributed by atoms with van der Waals surface area (Å²) in [6.07, 6.45) is 2.23. The molecule has 1 aliphatic heterocycles. The average Bonchev–Trinajstić information content (AvgIpc) is 3.37. The van der Waals surface area contributed by atoms with Gasteiger partial charge in [-0.25, -0.2) is 0 Å². The highest BCUT2D eigenvalue weighted by Gasteiger charge is 2.18. The minimum atomic E-state index is -0.0227. The molecule has 1 unspecified atom stereocenters. The molecule has 3 heterocycles. The quantitative estimate of drug-likeness (QED) is 0.632. The van der Waals surface area contributed by atoms with Crippen molar-refractivity contribution in [2.75, 3.05) is 18.9 Å². The van der Waals surface area contributed by atoms with Gasteiger partial charge in [-0.05, 0) is 30.5 Å². The minimum absolute atomic E-state index is 0.0227. The number of ether oxygens (including phenoxy) is 1. The molecule has 1 atom stereocenters. The Labute approximate surface area is 163 Å². The van der Waals surface area contributed by atoms with Crippen molar-refractivity contribution in [1.29, 1.82) is 0 Å². The van der Waals surface area contributed by atoms with Crippen LogP contribution in [0.5, 0.6) is 0 Å². The maximum absolute atomic E-state index is 12.1. The average molecular weight is 409 g/mol. The first-order valence-corrected chi connectivity index (χ1v) is 10.5. The highest BCUT2D eigenvalue weighted by atomic mass is 35.5. The molecule has 0 saturated carbocycles. The number of thioether (sulfide) groups is 1. The number of halogens is 1. The summed E-state index contributed by atoms with van der Waals surface area (Å²) in [6, 6.07) is 7.64. The molecule has 1 aliphatic rings. The standard InChI is InChI=1S/C17H17ClN4O2S2/c18-12-5-3-11(4-6-12)14-9-25-16-20-21-17(22(14)16)26-10-15(23)19-8-13-2-1-7-24-13/h3-6,9,13H,1-2,7-8,10H2,(H,19,23). The van der Waals surface area contributed by atoms with Crippen LogP contribution in [0, 0.1) is 0 Å². The third kappa shape index (κ3) is 3.88. The zero-order valence-electron chi connectivity index (χ0n) is 13.9. The van der Waals surface area contributed by atoms with Gasteiger partial charge in [-0.15, -0.1) is 21.5 Å². The van der Waals surface area contributed by atoms with Crippen LogP contribution in [0.15, 0.2) is 34.8 Å². The number of amides is 1. The van der Waals surface area contributed by atoms with Crippen LogP contribution in [0.1, 0.15) is 12.8 Å². The lowest BCUT2D eigenvalue weighted by molar-refractivity contribution is -0.119. The zero-order chi connectivity index (χ0) is 17.9. The van der Waals surface area contributed by atoms with E-state index in [2.05, 4.69) is 15.5 Å². The van der Waals surface area contributed by atoms with E-state index in [0.29, 0.717) is 22.5 Å². The first kappa shape index (κ1) is 17.8. The van der Waals surface area contributed by atoms with Gasteiger partial charge in [-0.3, -0.25) is 9.20 Å². The van der Waals surface area contributed by atoms with Gasteiger partial charge in [-0.2, -0.15) is 0 Å². The molecule has 0 bridgehead atoms. The molecular weight excluding hydrogens is 392 g/mol. The fraction of sp³-hybridized carbons (Fsp3) is 0.353. The number of carbonyl (C=O) groups is 1. The highest BCUT2D eigenvalue weighted by Crippen LogP contribution is 2.30. The lowest BCUT2D eigenvalue weighted by Gasteiger charge is -2.10. The summed E-state index contributed by atoms with van der Waals surface area (Å²) in [5.74, 6) is 0.272. The number of carbonyl (C=O) groups excluding carboxylic acids is 1. The second kappa shape index (κ2) is 7.96. The lowest BCUT2D eigenvalue weighted by atomic mass is 10.2. The van der Waals surface area contributed by atoms with Gasteiger partial charge in [0.1, 0.15) is 0 Å². The second-order valence-electron chi connectivity index (χ2n) is 5.96. The maximum atomic E-state index is 12.1. The van der Waals surface area contributed by atoms with Gasteiger partial charge in [0.15, 0.2) is 5.16 Å². The van der Waals surface area contributed by atoms with Crippen LogP contribution in [-0.2, 0) is 9.53 Å². The Kier molecular flexibility index (Phi) is 5.44. The molecule has 9 heteroatoms. The van der Waals surface area contributed by atoms with Crippen molar-refractivity contribution in [2.45, 2.75) is 24.1 Å². The molecule has 2 aromatic heterocycles. The molecule has 26 heavy (non-hydrogen) atoms. The monoisotopic (exact) mass is 408 g/mol. The van der Waals surface area contributed by atoms with Crippen LogP contribution < -0.4 is 5.32 Å². The lowest BCUT2D eigenvalue weighted by Crippen LogP contribution is -2.32. The van der Waals surface area contributed by atoms with Gasteiger partial charge in [0.2, 0.25) is 10.9 Å². The predicted molar refractivity (Wildman–Crippen MR) is 104 cm³/mol. The Morgan fingerprint density at radius 3 is 3.00 bits per heavy atom. The Morgan fingerprint density at radius 1 is 1.38 bits per heavy atom. The largest absolute Gasteiger partial charge is 0.376 e. The second-order valence-corrected chi connectivity index (χ2v) is 8.17. The molecule has 6 nitrogen and oxygen atoms in total. The predicted octanol–water partition coefficient (Wildman–Crippen LogP) is 3.50. The van der Waals surface area contributed by atoms with Crippen LogP contribution in [-0.4, -0.2) is 45.5 Å². The SMILES string of the molecule is O=C(CSc1nnc2scc(-c3ccc(Cl)cc3)n12)NCC1CCCO1. The Balaban J connectivity index is 1.44. The van der Waals surface area contributed by atoms with Crippen molar-refractivity contribution in [2.24, 2.45) is 0 Å².